The maximum atomic E-state index is 14.0. The smallest absolute Gasteiger partial charge is 0.335 e. The van der Waals surface area contributed by atoms with Gasteiger partial charge in [-0.25, -0.2) is 9.18 Å². The Morgan fingerprint density at radius 3 is 2.44 bits per heavy atom. The molecule has 0 amide bonds. The first kappa shape index (κ1) is 19.1. The van der Waals surface area contributed by atoms with Crippen molar-refractivity contribution in [3.63, 3.8) is 0 Å². The zero-order chi connectivity index (χ0) is 17.9. The van der Waals surface area contributed by atoms with Crippen LogP contribution in [0, 0.1) is 0 Å². The molecule has 134 valence electrons. The number of halogens is 1. The molecule has 4 nitrogen and oxygen atoms in total. The Balaban J connectivity index is 1.53. The van der Waals surface area contributed by atoms with Gasteiger partial charge in [-0.3, -0.25) is 5.32 Å². The van der Waals surface area contributed by atoms with Gasteiger partial charge >= 0.3 is 5.97 Å². The van der Waals surface area contributed by atoms with E-state index in [1.54, 1.807) is 0 Å². The van der Waals surface area contributed by atoms with Crippen LogP contribution in [0.3, 0.4) is 0 Å². The van der Waals surface area contributed by atoms with E-state index in [0.29, 0.717) is 25.3 Å². The van der Waals surface area contributed by atoms with Crippen LogP contribution in [0.25, 0.3) is 0 Å². The van der Waals surface area contributed by atoms with Gasteiger partial charge in [-0.05, 0) is 43.5 Å². The van der Waals surface area contributed by atoms with Gasteiger partial charge < -0.3 is 9.84 Å². The van der Waals surface area contributed by atoms with Crippen LogP contribution >= 0.6 is 0 Å². The molecule has 2 aromatic rings. The lowest BCUT2D eigenvalue weighted by Gasteiger charge is -2.11. The highest BCUT2D eigenvalue weighted by molar-refractivity contribution is 5.87. The summed E-state index contributed by atoms with van der Waals surface area (Å²) < 4.78 is 19.6. The van der Waals surface area contributed by atoms with Crippen molar-refractivity contribution in [2.24, 2.45) is 0 Å². The number of alkyl halides is 1. The van der Waals surface area contributed by atoms with Gasteiger partial charge in [0.25, 0.3) is 0 Å². The summed E-state index contributed by atoms with van der Waals surface area (Å²) in [4.78, 5) is 10.8. The first-order valence-electron chi connectivity index (χ1n) is 8.49. The molecule has 0 aliphatic rings. The molecule has 5 heteroatoms. The highest BCUT2D eigenvalue weighted by Gasteiger charge is 2.09. The van der Waals surface area contributed by atoms with Gasteiger partial charge in [-0.2, -0.15) is 0 Å². The fraction of sp³-hybridized carbons (Fsp3) is 0.350. The molecule has 1 unspecified atom stereocenters. The number of nitrogens with one attached hydrogen (secondary N) is 1. The minimum absolute atomic E-state index is 0.159. The van der Waals surface area contributed by atoms with Crippen molar-refractivity contribution >= 4 is 5.97 Å². The SMILES string of the molecule is O=C(O)c1ccc(C(F)NCCCCCOCc2ccccc2)cc1. The predicted molar refractivity (Wildman–Crippen MR) is 95.2 cm³/mol. The zero-order valence-corrected chi connectivity index (χ0v) is 14.2. The molecule has 0 saturated carbocycles. The van der Waals surface area contributed by atoms with E-state index in [9.17, 15) is 9.18 Å². The Kier molecular flexibility index (Phi) is 8.09. The number of hydrogen-bond acceptors (Lipinski definition) is 3. The standard InChI is InChI=1S/C20H24FNO3/c21-19(17-9-11-18(12-10-17)20(23)24)22-13-5-2-6-14-25-15-16-7-3-1-4-8-16/h1,3-4,7-12,19,22H,2,5-6,13-15H2,(H,23,24). The molecule has 0 aliphatic carbocycles. The third-order valence-electron chi connectivity index (χ3n) is 3.85. The molecule has 2 rings (SSSR count). The largest absolute Gasteiger partial charge is 0.478 e. The second-order valence-electron chi connectivity index (χ2n) is 5.84. The highest BCUT2D eigenvalue weighted by atomic mass is 19.1. The van der Waals surface area contributed by atoms with Crippen LogP contribution in [0.15, 0.2) is 54.6 Å². The van der Waals surface area contributed by atoms with Crippen LogP contribution in [0.1, 0.15) is 47.0 Å². The molecule has 1 atom stereocenters. The van der Waals surface area contributed by atoms with E-state index >= 15 is 0 Å². The lowest BCUT2D eigenvalue weighted by atomic mass is 10.1. The van der Waals surface area contributed by atoms with Gasteiger partial charge in [0.05, 0.1) is 12.2 Å². The third-order valence-corrected chi connectivity index (χ3v) is 3.85. The van der Waals surface area contributed by atoms with E-state index in [0.717, 1.165) is 19.3 Å². The van der Waals surface area contributed by atoms with E-state index in [1.807, 2.05) is 30.3 Å². The highest BCUT2D eigenvalue weighted by Crippen LogP contribution is 2.15. The molecule has 0 spiro atoms. The Morgan fingerprint density at radius 2 is 1.76 bits per heavy atom. The average molecular weight is 345 g/mol. The molecule has 0 bridgehead atoms. The molecular weight excluding hydrogens is 321 g/mol. The Labute approximate surface area is 147 Å². The molecule has 2 N–H and O–H groups in total. The second kappa shape index (κ2) is 10.6. The first-order valence-corrected chi connectivity index (χ1v) is 8.49. The van der Waals surface area contributed by atoms with E-state index in [-0.39, 0.29) is 5.56 Å². The molecule has 2 aromatic carbocycles. The summed E-state index contributed by atoms with van der Waals surface area (Å²) in [5, 5.41) is 11.6. The van der Waals surface area contributed by atoms with E-state index in [4.69, 9.17) is 9.84 Å². The lowest BCUT2D eigenvalue weighted by Crippen LogP contribution is -2.19. The van der Waals surface area contributed by atoms with Crippen molar-refractivity contribution in [2.45, 2.75) is 32.2 Å². The number of aromatic carboxylic acids is 1. The molecule has 0 aliphatic heterocycles. The van der Waals surface area contributed by atoms with Crippen molar-refractivity contribution in [3.8, 4) is 0 Å². The maximum absolute atomic E-state index is 14.0. The van der Waals surface area contributed by atoms with Crippen molar-refractivity contribution in [3.05, 3.63) is 71.3 Å². The van der Waals surface area contributed by atoms with Crippen LogP contribution in [-0.2, 0) is 11.3 Å². The number of hydrogen-bond donors (Lipinski definition) is 2. The number of rotatable bonds is 11. The van der Waals surface area contributed by atoms with Gasteiger partial charge in [0.2, 0.25) is 0 Å². The number of carboxylic acid groups (broad SMARTS) is 1. The zero-order valence-electron chi connectivity index (χ0n) is 14.2. The molecule has 0 aromatic heterocycles. The number of benzene rings is 2. The fourth-order valence-corrected chi connectivity index (χ4v) is 2.41. The number of ether oxygens (including phenoxy) is 1. The molecule has 0 radical (unpaired) electrons. The molecule has 25 heavy (non-hydrogen) atoms. The summed E-state index contributed by atoms with van der Waals surface area (Å²) in [6, 6.07) is 15.9. The topological polar surface area (TPSA) is 58.6 Å². The number of carbonyl (C=O) groups is 1. The molecule has 0 saturated heterocycles. The van der Waals surface area contributed by atoms with Crippen LogP contribution < -0.4 is 5.32 Å². The van der Waals surface area contributed by atoms with Crippen LogP contribution in [0.4, 0.5) is 4.39 Å². The summed E-state index contributed by atoms with van der Waals surface area (Å²) in [6.07, 6.45) is 1.49. The van der Waals surface area contributed by atoms with Gasteiger partial charge in [0.1, 0.15) is 0 Å². The molecular formula is C20H24FNO3. The minimum Gasteiger partial charge on any atom is -0.478 e. The maximum Gasteiger partial charge on any atom is 0.335 e. The lowest BCUT2D eigenvalue weighted by molar-refractivity contribution is 0.0696. The fourth-order valence-electron chi connectivity index (χ4n) is 2.41. The van der Waals surface area contributed by atoms with Crippen molar-refractivity contribution < 1.29 is 19.0 Å². The molecule has 0 fully saturated rings. The van der Waals surface area contributed by atoms with Crippen LogP contribution in [0.2, 0.25) is 0 Å². The molecule has 0 heterocycles. The van der Waals surface area contributed by atoms with Crippen molar-refractivity contribution in [2.75, 3.05) is 13.2 Å². The van der Waals surface area contributed by atoms with Gasteiger partial charge in [-0.15, -0.1) is 0 Å². The summed E-state index contributed by atoms with van der Waals surface area (Å²) in [7, 11) is 0. The van der Waals surface area contributed by atoms with Gasteiger partial charge in [0, 0.05) is 12.2 Å². The third kappa shape index (κ3) is 7.03. The van der Waals surface area contributed by atoms with Gasteiger partial charge in [-0.1, -0.05) is 42.5 Å². The Hall–Kier alpha value is -2.24. The summed E-state index contributed by atoms with van der Waals surface area (Å²) in [5.41, 5.74) is 1.76. The van der Waals surface area contributed by atoms with Gasteiger partial charge in [0.15, 0.2) is 6.30 Å². The normalized spacial score (nSPS) is 12.0. The first-order chi connectivity index (χ1) is 12.2. The van der Waals surface area contributed by atoms with Crippen LogP contribution in [-0.4, -0.2) is 24.2 Å². The number of unbranched alkanes of at least 4 members (excludes halogenated alkanes) is 2. The average Bonchev–Trinajstić information content (AvgIpc) is 2.64. The number of carboxylic acids is 1. The monoisotopic (exact) mass is 345 g/mol. The van der Waals surface area contributed by atoms with E-state index in [2.05, 4.69) is 5.32 Å². The predicted octanol–water partition coefficient (Wildman–Crippen LogP) is 4.33. The second-order valence-corrected chi connectivity index (χ2v) is 5.84. The summed E-state index contributed by atoms with van der Waals surface area (Å²) in [5.74, 6) is -1.01. The summed E-state index contributed by atoms with van der Waals surface area (Å²) >= 11 is 0. The van der Waals surface area contributed by atoms with E-state index in [1.165, 1.54) is 29.8 Å². The summed E-state index contributed by atoms with van der Waals surface area (Å²) in [6.45, 7) is 1.89. The minimum atomic E-state index is -1.28. The van der Waals surface area contributed by atoms with Crippen molar-refractivity contribution in [1.29, 1.82) is 0 Å². The van der Waals surface area contributed by atoms with E-state index < -0.39 is 12.3 Å². The van der Waals surface area contributed by atoms with Crippen LogP contribution in [0.5, 0.6) is 0 Å². The Morgan fingerprint density at radius 1 is 1.04 bits per heavy atom. The Bertz CT molecular complexity index is 631. The van der Waals surface area contributed by atoms with Crippen molar-refractivity contribution in [1.82, 2.24) is 5.32 Å². The quantitative estimate of drug-likeness (QED) is 0.470.